The predicted molar refractivity (Wildman–Crippen MR) is 85.4 cm³/mol. The number of amides is 1. The number of hydrogen-bond donors (Lipinski definition) is 2. The van der Waals surface area contributed by atoms with Crippen LogP contribution in [0.4, 0.5) is 0 Å². The van der Waals surface area contributed by atoms with Crippen LogP contribution < -0.4 is 10.6 Å². The van der Waals surface area contributed by atoms with E-state index in [1.165, 1.54) is 24.0 Å². The van der Waals surface area contributed by atoms with E-state index >= 15 is 0 Å². The van der Waals surface area contributed by atoms with E-state index in [-0.39, 0.29) is 5.91 Å². The lowest BCUT2D eigenvalue weighted by Crippen LogP contribution is -2.40. The van der Waals surface area contributed by atoms with Gasteiger partial charge in [-0.1, -0.05) is 26.3 Å². The van der Waals surface area contributed by atoms with E-state index in [0.717, 1.165) is 37.9 Å². The maximum atomic E-state index is 12.5. The SMILES string of the molecule is CC1(C)CCCC(NC(=O)c2ccc3c(c2)CNCC3)C1. The molecule has 21 heavy (non-hydrogen) atoms. The number of nitrogens with one attached hydrogen (secondary N) is 2. The van der Waals surface area contributed by atoms with Gasteiger partial charge in [-0.3, -0.25) is 4.79 Å². The Bertz CT molecular complexity index is 536. The van der Waals surface area contributed by atoms with Crippen LogP contribution in [-0.4, -0.2) is 18.5 Å². The molecule has 1 saturated carbocycles. The average molecular weight is 286 g/mol. The van der Waals surface area contributed by atoms with E-state index in [1.807, 2.05) is 6.07 Å². The molecular weight excluding hydrogens is 260 g/mol. The Kier molecular flexibility index (Phi) is 4.03. The Balaban J connectivity index is 1.68. The quantitative estimate of drug-likeness (QED) is 0.877. The molecule has 1 unspecified atom stereocenters. The highest BCUT2D eigenvalue weighted by molar-refractivity contribution is 5.94. The monoisotopic (exact) mass is 286 g/mol. The largest absolute Gasteiger partial charge is 0.349 e. The number of carbonyl (C=O) groups is 1. The maximum absolute atomic E-state index is 12.5. The van der Waals surface area contributed by atoms with E-state index in [0.29, 0.717) is 11.5 Å². The number of fused-ring (bicyclic) bond motifs is 1. The molecule has 1 aromatic rings. The van der Waals surface area contributed by atoms with Crippen LogP contribution in [0.25, 0.3) is 0 Å². The van der Waals surface area contributed by atoms with Crippen molar-refractivity contribution in [3.63, 3.8) is 0 Å². The molecule has 3 rings (SSSR count). The molecule has 1 aliphatic heterocycles. The number of carbonyl (C=O) groups excluding carboxylic acids is 1. The van der Waals surface area contributed by atoms with Crippen LogP contribution in [0.1, 0.15) is 61.0 Å². The van der Waals surface area contributed by atoms with E-state index in [2.05, 4.69) is 36.6 Å². The van der Waals surface area contributed by atoms with E-state index in [4.69, 9.17) is 0 Å². The summed E-state index contributed by atoms with van der Waals surface area (Å²) >= 11 is 0. The van der Waals surface area contributed by atoms with Crippen molar-refractivity contribution in [1.82, 2.24) is 10.6 Å². The lowest BCUT2D eigenvalue weighted by atomic mass is 9.75. The highest BCUT2D eigenvalue weighted by Gasteiger charge is 2.29. The Labute approximate surface area is 127 Å². The smallest absolute Gasteiger partial charge is 0.251 e. The third-order valence-corrected chi connectivity index (χ3v) is 4.90. The Morgan fingerprint density at radius 2 is 2.19 bits per heavy atom. The van der Waals surface area contributed by atoms with Crippen LogP contribution in [0.3, 0.4) is 0 Å². The van der Waals surface area contributed by atoms with Crippen LogP contribution in [-0.2, 0) is 13.0 Å². The Morgan fingerprint density at radius 1 is 1.33 bits per heavy atom. The van der Waals surface area contributed by atoms with Gasteiger partial charge in [-0.25, -0.2) is 0 Å². The molecular formula is C18H26N2O. The van der Waals surface area contributed by atoms with Crippen molar-refractivity contribution in [1.29, 1.82) is 0 Å². The van der Waals surface area contributed by atoms with E-state index < -0.39 is 0 Å². The molecule has 0 saturated heterocycles. The average Bonchev–Trinajstić information content (AvgIpc) is 2.45. The summed E-state index contributed by atoms with van der Waals surface area (Å²) in [5.41, 5.74) is 3.82. The van der Waals surface area contributed by atoms with Gasteiger partial charge in [0, 0.05) is 18.2 Å². The maximum Gasteiger partial charge on any atom is 0.251 e. The number of benzene rings is 1. The summed E-state index contributed by atoms with van der Waals surface area (Å²) in [5.74, 6) is 0.0890. The molecule has 3 heteroatoms. The fourth-order valence-corrected chi connectivity index (χ4v) is 3.71. The summed E-state index contributed by atoms with van der Waals surface area (Å²) < 4.78 is 0. The second kappa shape index (κ2) is 5.80. The van der Waals surface area contributed by atoms with Gasteiger partial charge in [-0.2, -0.15) is 0 Å². The van der Waals surface area contributed by atoms with Gasteiger partial charge in [-0.15, -0.1) is 0 Å². The lowest BCUT2D eigenvalue weighted by Gasteiger charge is -2.35. The van der Waals surface area contributed by atoms with Crippen molar-refractivity contribution in [3.8, 4) is 0 Å². The van der Waals surface area contributed by atoms with Crippen LogP contribution in [0.15, 0.2) is 18.2 Å². The minimum Gasteiger partial charge on any atom is -0.349 e. The van der Waals surface area contributed by atoms with Gasteiger partial charge in [0.1, 0.15) is 0 Å². The molecule has 1 heterocycles. The van der Waals surface area contributed by atoms with Crippen LogP contribution >= 0.6 is 0 Å². The zero-order valence-corrected chi connectivity index (χ0v) is 13.2. The van der Waals surface area contributed by atoms with Crippen molar-refractivity contribution >= 4 is 5.91 Å². The molecule has 2 aliphatic rings. The van der Waals surface area contributed by atoms with Gasteiger partial charge < -0.3 is 10.6 Å². The van der Waals surface area contributed by atoms with Gasteiger partial charge in [0.2, 0.25) is 0 Å². The highest BCUT2D eigenvalue weighted by atomic mass is 16.1. The Morgan fingerprint density at radius 3 is 3.00 bits per heavy atom. The van der Waals surface area contributed by atoms with Crippen molar-refractivity contribution < 1.29 is 4.79 Å². The minimum absolute atomic E-state index is 0.0890. The molecule has 1 fully saturated rings. The molecule has 1 aromatic carbocycles. The predicted octanol–water partition coefficient (Wildman–Crippen LogP) is 3.03. The zero-order chi connectivity index (χ0) is 14.9. The third kappa shape index (κ3) is 3.46. The third-order valence-electron chi connectivity index (χ3n) is 4.90. The highest BCUT2D eigenvalue weighted by Crippen LogP contribution is 2.35. The first-order chi connectivity index (χ1) is 10.0. The second-order valence-electron chi connectivity index (χ2n) is 7.34. The zero-order valence-electron chi connectivity index (χ0n) is 13.2. The molecule has 1 amide bonds. The van der Waals surface area contributed by atoms with Gasteiger partial charge in [0.05, 0.1) is 0 Å². The summed E-state index contributed by atoms with van der Waals surface area (Å²) in [4.78, 5) is 12.5. The van der Waals surface area contributed by atoms with Crippen LogP contribution in [0.5, 0.6) is 0 Å². The molecule has 0 radical (unpaired) electrons. The first-order valence-corrected chi connectivity index (χ1v) is 8.17. The molecule has 1 atom stereocenters. The molecule has 114 valence electrons. The normalized spacial score (nSPS) is 24.2. The lowest BCUT2D eigenvalue weighted by molar-refractivity contribution is 0.0902. The second-order valence-corrected chi connectivity index (χ2v) is 7.34. The fourth-order valence-electron chi connectivity index (χ4n) is 3.71. The summed E-state index contributed by atoms with van der Waals surface area (Å²) in [6.07, 6.45) is 5.75. The van der Waals surface area contributed by atoms with E-state index in [9.17, 15) is 4.79 Å². The minimum atomic E-state index is 0.0890. The van der Waals surface area contributed by atoms with Crippen LogP contribution in [0.2, 0.25) is 0 Å². The first kappa shape index (κ1) is 14.6. The molecule has 0 aromatic heterocycles. The van der Waals surface area contributed by atoms with Gasteiger partial charge in [0.15, 0.2) is 0 Å². The van der Waals surface area contributed by atoms with Crippen LogP contribution in [0, 0.1) is 5.41 Å². The van der Waals surface area contributed by atoms with Crippen molar-refractivity contribution in [3.05, 3.63) is 34.9 Å². The number of rotatable bonds is 2. The summed E-state index contributed by atoms with van der Waals surface area (Å²) in [6, 6.07) is 6.49. The fraction of sp³-hybridized carbons (Fsp3) is 0.611. The summed E-state index contributed by atoms with van der Waals surface area (Å²) in [5, 5.41) is 6.61. The van der Waals surface area contributed by atoms with Gasteiger partial charge in [0.25, 0.3) is 5.91 Å². The summed E-state index contributed by atoms with van der Waals surface area (Å²) in [7, 11) is 0. The first-order valence-electron chi connectivity index (χ1n) is 8.17. The number of hydrogen-bond acceptors (Lipinski definition) is 2. The van der Waals surface area contributed by atoms with Gasteiger partial charge >= 0.3 is 0 Å². The molecule has 1 aliphatic carbocycles. The molecule has 2 N–H and O–H groups in total. The summed E-state index contributed by atoms with van der Waals surface area (Å²) in [6.45, 7) is 6.52. The van der Waals surface area contributed by atoms with Crippen molar-refractivity contribution in [2.45, 2.75) is 58.5 Å². The van der Waals surface area contributed by atoms with Crippen molar-refractivity contribution in [2.24, 2.45) is 5.41 Å². The standard InChI is InChI=1S/C18H26N2O/c1-18(2)8-3-4-16(11-18)20-17(21)14-6-5-13-7-9-19-12-15(13)10-14/h5-6,10,16,19H,3-4,7-9,11-12H2,1-2H3,(H,20,21). The van der Waals surface area contributed by atoms with E-state index in [1.54, 1.807) is 0 Å². The van der Waals surface area contributed by atoms with Gasteiger partial charge in [-0.05, 0) is 60.9 Å². The Hall–Kier alpha value is -1.35. The molecule has 3 nitrogen and oxygen atoms in total. The topological polar surface area (TPSA) is 41.1 Å². The van der Waals surface area contributed by atoms with Crippen molar-refractivity contribution in [2.75, 3.05) is 6.54 Å². The molecule has 0 bridgehead atoms. The molecule has 0 spiro atoms.